The van der Waals surface area contributed by atoms with Gasteiger partial charge in [-0.2, -0.15) is 13.2 Å². The average Bonchev–Trinajstić information content (AvgIpc) is 3.55. The Balaban J connectivity index is 1.32. The first kappa shape index (κ1) is 30.6. The number of halogens is 4. The van der Waals surface area contributed by atoms with Crippen LogP contribution in [0.1, 0.15) is 66.4 Å². The molecule has 3 N–H and O–H groups in total. The van der Waals surface area contributed by atoms with Crippen molar-refractivity contribution in [2.45, 2.75) is 70.2 Å². The molecule has 12 heteroatoms. The molecule has 5 rings (SSSR count). The Morgan fingerprint density at radius 2 is 1.63 bits per heavy atom. The maximum Gasteiger partial charge on any atom is 0.416 e. The van der Waals surface area contributed by atoms with Gasteiger partial charge in [-0.05, 0) is 93.5 Å². The minimum absolute atomic E-state index is 0.000436. The number of aliphatic carboxylic acids is 1. The molecule has 3 fully saturated rings. The van der Waals surface area contributed by atoms with Crippen LogP contribution in [0.2, 0.25) is 0 Å². The van der Waals surface area contributed by atoms with Crippen LogP contribution in [0.4, 0.5) is 23.2 Å². The Hall–Kier alpha value is -3.83. The molecule has 8 nitrogen and oxygen atoms in total. The van der Waals surface area contributed by atoms with E-state index in [4.69, 9.17) is 9.47 Å². The van der Waals surface area contributed by atoms with Gasteiger partial charge in [0.15, 0.2) is 11.6 Å². The second-order valence-electron chi connectivity index (χ2n) is 11.8. The van der Waals surface area contributed by atoms with E-state index in [2.05, 4.69) is 10.6 Å². The summed E-state index contributed by atoms with van der Waals surface area (Å²) in [6.45, 7) is 1.51. The summed E-state index contributed by atoms with van der Waals surface area (Å²) < 4.78 is 66.1. The minimum atomic E-state index is -4.57. The van der Waals surface area contributed by atoms with E-state index >= 15 is 0 Å². The highest BCUT2D eigenvalue weighted by atomic mass is 19.4. The quantitative estimate of drug-likeness (QED) is 0.319. The van der Waals surface area contributed by atoms with Gasteiger partial charge in [-0.1, -0.05) is 0 Å². The molecule has 3 aliphatic carbocycles. The largest absolute Gasteiger partial charge is 0.496 e. The number of nitrogens with one attached hydrogen (secondary N) is 2. The molecule has 2 aromatic rings. The first-order valence-electron chi connectivity index (χ1n) is 14.4. The maximum absolute atomic E-state index is 14.9. The van der Waals surface area contributed by atoms with Crippen LogP contribution in [0.25, 0.3) is 0 Å². The third kappa shape index (κ3) is 6.57. The van der Waals surface area contributed by atoms with Gasteiger partial charge >= 0.3 is 12.1 Å². The fraction of sp³-hybridized carbons (Fsp3) is 0.516. The zero-order valence-corrected chi connectivity index (χ0v) is 23.8. The fourth-order valence-corrected chi connectivity index (χ4v) is 6.93. The van der Waals surface area contributed by atoms with Gasteiger partial charge in [0.2, 0.25) is 5.91 Å². The zero-order chi connectivity index (χ0) is 31.1. The van der Waals surface area contributed by atoms with Gasteiger partial charge in [0.25, 0.3) is 5.91 Å². The summed E-state index contributed by atoms with van der Waals surface area (Å²) in [5.74, 6) is -4.03. The van der Waals surface area contributed by atoms with Crippen molar-refractivity contribution in [3.05, 3.63) is 52.8 Å². The van der Waals surface area contributed by atoms with Gasteiger partial charge in [-0.25, -0.2) is 4.39 Å². The number of carboxylic acid groups (broad SMARTS) is 1. The number of aryl methyl sites for hydroxylation is 1. The molecule has 4 unspecified atom stereocenters. The number of hydrogen-bond donors (Lipinski definition) is 3. The number of carboxylic acids is 1. The topological polar surface area (TPSA) is 114 Å². The molecule has 2 amide bonds. The Morgan fingerprint density at radius 1 is 0.930 bits per heavy atom. The van der Waals surface area contributed by atoms with E-state index in [0.29, 0.717) is 37.7 Å². The first-order valence-corrected chi connectivity index (χ1v) is 14.4. The van der Waals surface area contributed by atoms with Crippen LogP contribution in [-0.2, 0) is 15.8 Å². The molecular weight excluding hydrogens is 572 g/mol. The Labute approximate surface area is 246 Å². The van der Waals surface area contributed by atoms with E-state index in [-0.39, 0.29) is 34.6 Å². The molecule has 43 heavy (non-hydrogen) atoms. The van der Waals surface area contributed by atoms with Crippen molar-refractivity contribution >= 4 is 23.5 Å². The third-order valence-electron chi connectivity index (χ3n) is 9.00. The number of methoxy groups -OCH3 is 1. The maximum atomic E-state index is 14.9. The number of ether oxygens (including phenoxy) is 2. The van der Waals surface area contributed by atoms with Gasteiger partial charge in [-0.3, -0.25) is 14.4 Å². The lowest BCUT2D eigenvalue weighted by Crippen LogP contribution is -2.48. The van der Waals surface area contributed by atoms with Crippen LogP contribution in [0, 0.1) is 36.4 Å². The van der Waals surface area contributed by atoms with E-state index in [1.807, 2.05) is 0 Å². The summed E-state index contributed by atoms with van der Waals surface area (Å²) in [7, 11) is 1.30. The number of anilines is 1. The molecule has 0 aromatic heterocycles. The van der Waals surface area contributed by atoms with Gasteiger partial charge in [0.1, 0.15) is 5.75 Å². The number of alkyl halides is 3. The summed E-state index contributed by atoms with van der Waals surface area (Å²) in [5.41, 5.74) is -0.477. The van der Waals surface area contributed by atoms with Gasteiger partial charge in [-0.15, -0.1) is 0 Å². The van der Waals surface area contributed by atoms with Crippen LogP contribution in [0.3, 0.4) is 0 Å². The lowest BCUT2D eigenvalue weighted by Gasteiger charge is -2.31. The van der Waals surface area contributed by atoms with Crippen molar-refractivity contribution in [3.63, 3.8) is 0 Å². The van der Waals surface area contributed by atoms with E-state index in [0.717, 1.165) is 31.0 Å². The standard InChI is InChI=1S/C31H34F4N2O6/c1-15-9-19(31(33,34)35)12-20(10-15)36-29(39)26-17-3-4-18(11-17)27(26)37-28(38)22-13-25(23(32)14-24(22)42-2)43-21-7-5-16(6-8-21)30(40)41/h9-10,12-14,16-18,21,26-27H,3-8,11H2,1-2H3,(H,36,39)(H,37,38)(H,40,41). The number of carbonyl (C=O) groups is 3. The highest BCUT2D eigenvalue weighted by molar-refractivity contribution is 5.99. The van der Waals surface area contributed by atoms with Gasteiger partial charge < -0.3 is 25.2 Å². The van der Waals surface area contributed by atoms with Crippen molar-refractivity contribution in [2.75, 3.05) is 12.4 Å². The second kappa shape index (κ2) is 12.0. The number of amides is 2. The van der Waals surface area contributed by atoms with Crippen molar-refractivity contribution in [1.29, 1.82) is 0 Å². The lowest BCUT2D eigenvalue weighted by molar-refractivity contribution is -0.143. The van der Waals surface area contributed by atoms with Gasteiger partial charge in [0, 0.05) is 17.8 Å². The molecule has 2 bridgehead atoms. The summed E-state index contributed by atoms with van der Waals surface area (Å²) in [4.78, 5) is 38.3. The minimum Gasteiger partial charge on any atom is -0.496 e. The highest BCUT2D eigenvalue weighted by Gasteiger charge is 2.51. The molecule has 3 aliphatic rings. The van der Waals surface area contributed by atoms with Crippen LogP contribution < -0.4 is 20.1 Å². The van der Waals surface area contributed by atoms with Crippen molar-refractivity contribution < 1.29 is 46.5 Å². The van der Waals surface area contributed by atoms with Crippen LogP contribution in [0.15, 0.2) is 30.3 Å². The number of carbonyl (C=O) groups excluding carboxylic acids is 2. The number of benzene rings is 2. The van der Waals surface area contributed by atoms with Crippen LogP contribution in [-0.4, -0.2) is 42.1 Å². The smallest absolute Gasteiger partial charge is 0.416 e. The number of rotatable bonds is 8. The molecule has 2 aromatic carbocycles. The molecule has 232 valence electrons. The van der Waals surface area contributed by atoms with E-state index in [1.54, 1.807) is 0 Å². The Bertz CT molecular complexity index is 1410. The molecule has 0 aliphatic heterocycles. The zero-order valence-electron chi connectivity index (χ0n) is 23.8. The fourth-order valence-electron chi connectivity index (χ4n) is 6.93. The second-order valence-corrected chi connectivity index (χ2v) is 11.8. The number of fused-ring (bicyclic) bond motifs is 2. The molecule has 3 saturated carbocycles. The average molecular weight is 607 g/mol. The van der Waals surface area contributed by atoms with Crippen molar-refractivity contribution in [3.8, 4) is 11.5 Å². The number of hydrogen-bond acceptors (Lipinski definition) is 5. The van der Waals surface area contributed by atoms with Gasteiger partial charge in [0.05, 0.1) is 36.2 Å². The summed E-state index contributed by atoms with van der Waals surface area (Å²) >= 11 is 0. The Kier molecular flexibility index (Phi) is 8.58. The summed E-state index contributed by atoms with van der Waals surface area (Å²) in [6.07, 6.45) is -1.07. The summed E-state index contributed by atoms with van der Waals surface area (Å²) in [5, 5.41) is 14.8. The molecule has 0 saturated heterocycles. The SMILES string of the molecule is COc1cc(F)c(OC2CCC(C(=O)O)CC2)cc1C(=O)NC1C2CCC(C2)C1C(=O)Nc1cc(C)cc(C(F)(F)F)c1. The first-order chi connectivity index (χ1) is 20.3. The van der Waals surface area contributed by atoms with E-state index in [9.17, 15) is 37.1 Å². The molecule has 4 atom stereocenters. The molecule has 0 radical (unpaired) electrons. The van der Waals surface area contributed by atoms with Crippen LogP contribution in [0.5, 0.6) is 11.5 Å². The van der Waals surface area contributed by atoms with E-state index in [1.165, 1.54) is 26.2 Å². The lowest BCUT2D eigenvalue weighted by atomic mass is 9.83. The summed E-state index contributed by atoms with van der Waals surface area (Å²) in [6, 6.07) is 5.08. The van der Waals surface area contributed by atoms with E-state index < -0.39 is 59.3 Å². The third-order valence-corrected chi connectivity index (χ3v) is 9.00. The predicted molar refractivity (Wildman–Crippen MR) is 147 cm³/mol. The normalized spacial score (nSPS) is 26.6. The molecule has 0 spiro atoms. The molecular formula is C31H34F4N2O6. The Morgan fingerprint density at radius 3 is 2.28 bits per heavy atom. The van der Waals surface area contributed by atoms with Crippen molar-refractivity contribution in [2.24, 2.45) is 23.7 Å². The monoisotopic (exact) mass is 606 g/mol. The molecule has 0 heterocycles. The van der Waals surface area contributed by atoms with Crippen LogP contribution >= 0.6 is 0 Å². The highest BCUT2D eigenvalue weighted by Crippen LogP contribution is 2.49. The predicted octanol–water partition coefficient (Wildman–Crippen LogP) is 5.97. The van der Waals surface area contributed by atoms with Crippen molar-refractivity contribution in [1.82, 2.24) is 5.32 Å².